The molecule has 0 radical (unpaired) electrons. The van der Waals surface area contributed by atoms with Gasteiger partial charge in [-0.1, -0.05) is 26.8 Å². The van der Waals surface area contributed by atoms with Crippen LogP contribution >= 0.6 is 0 Å². The second kappa shape index (κ2) is 4.13. The average molecular weight is 228 g/mol. The summed E-state index contributed by atoms with van der Waals surface area (Å²) >= 11 is 0. The van der Waals surface area contributed by atoms with Crippen LogP contribution < -0.4 is 0 Å². The Labute approximate surface area is 95.1 Å². The van der Waals surface area contributed by atoms with Crippen molar-refractivity contribution in [1.29, 1.82) is 0 Å². The normalized spacial score (nSPS) is 15.9. The smallest absolute Gasteiger partial charge is 0.129 e. The van der Waals surface area contributed by atoms with Gasteiger partial charge in [-0.3, -0.25) is 0 Å². The molecule has 0 spiro atoms. The maximum atomic E-state index is 13.4. The van der Waals surface area contributed by atoms with Crippen LogP contribution in [0.2, 0.25) is 0 Å². The molecule has 0 aromatic heterocycles. The van der Waals surface area contributed by atoms with Crippen LogP contribution in [0, 0.1) is 17.0 Å². The third-order valence-corrected chi connectivity index (χ3v) is 3.20. The van der Waals surface area contributed by atoms with Gasteiger partial charge in [-0.15, -0.1) is 0 Å². The molecule has 16 heavy (non-hydrogen) atoms. The predicted octanol–water partition coefficient (Wildman–Crippen LogP) is 3.30. The summed E-state index contributed by atoms with van der Waals surface area (Å²) in [5, 5.41) is 10.2. The average Bonchev–Trinajstić information content (AvgIpc) is 2.10. The highest BCUT2D eigenvalue weighted by Crippen LogP contribution is 2.34. The Morgan fingerprint density at radius 2 is 1.50 bits per heavy atom. The van der Waals surface area contributed by atoms with Crippen LogP contribution in [0.25, 0.3) is 0 Å². The van der Waals surface area contributed by atoms with Crippen molar-refractivity contribution in [1.82, 2.24) is 0 Å². The van der Waals surface area contributed by atoms with Crippen LogP contribution in [0.15, 0.2) is 18.2 Å². The molecular weight excluding hydrogens is 210 g/mol. The summed E-state index contributed by atoms with van der Waals surface area (Å²) in [6.07, 6.45) is -0.0327. The van der Waals surface area contributed by atoms with E-state index in [0.29, 0.717) is 0 Å². The second-order valence-electron chi connectivity index (χ2n) is 5.40. The standard InChI is InChI=1S/C13H18F2O/c1-12(2,3)13(4,16)8-9-10(14)6-5-7-11(9)15/h5-7,16H,8H2,1-4H3. The van der Waals surface area contributed by atoms with E-state index in [0.717, 1.165) is 0 Å². The van der Waals surface area contributed by atoms with E-state index in [9.17, 15) is 13.9 Å². The van der Waals surface area contributed by atoms with Crippen molar-refractivity contribution >= 4 is 0 Å². The van der Waals surface area contributed by atoms with E-state index in [2.05, 4.69) is 0 Å². The number of hydrogen-bond donors (Lipinski definition) is 1. The molecule has 1 aromatic rings. The predicted molar refractivity (Wildman–Crippen MR) is 60.1 cm³/mol. The van der Waals surface area contributed by atoms with Gasteiger partial charge in [-0.05, 0) is 24.5 Å². The zero-order chi connectivity index (χ0) is 12.6. The van der Waals surface area contributed by atoms with Crippen molar-refractivity contribution in [2.45, 2.75) is 39.7 Å². The Kier molecular flexibility index (Phi) is 3.38. The van der Waals surface area contributed by atoms with Gasteiger partial charge in [-0.25, -0.2) is 8.78 Å². The monoisotopic (exact) mass is 228 g/mol. The van der Waals surface area contributed by atoms with E-state index in [1.807, 2.05) is 20.8 Å². The molecule has 0 heterocycles. The molecule has 1 unspecified atom stereocenters. The zero-order valence-electron chi connectivity index (χ0n) is 10.1. The van der Waals surface area contributed by atoms with Gasteiger partial charge in [0.2, 0.25) is 0 Å². The van der Waals surface area contributed by atoms with Crippen LogP contribution in [-0.2, 0) is 6.42 Å². The van der Waals surface area contributed by atoms with E-state index in [-0.39, 0.29) is 12.0 Å². The number of hydrogen-bond acceptors (Lipinski definition) is 1. The van der Waals surface area contributed by atoms with Crippen molar-refractivity contribution in [3.63, 3.8) is 0 Å². The first kappa shape index (κ1) is 13.1. The van der Waals surface area contributed by atoms with Crippen LogP contribution in [0.1, 0.15) is 33.3 Å². The first-order valence-corrected chi connectivity index (χ1v) is 5.30. The molecule has 0 fully saturated rings. The molecule has 3 heteroatoms. The molecule has 0 saturated carbocycles. The maximum absolute atomic E-state index is 13.4. The van der Waals surface area contributed by atoms with Crippen molar-refractivity contribution in [3.05, 3.63) is 35.4 Å². The lowest BCUT2D eigenvalue weighted by Gasteiger charge is -2.37. The van der Waals surface area contributed by atoms with Crippen molar-refractivity contribution in [2.24, 2.45) is 5.41 Å². The molecule has 90 valence electrons. The number of halogens is 2. The quantitative estimate of drug-likeness (QED) is 0.823. The van der Waals surface area contributed by atoms with Gasteiger partial charge in [0.15, 0.2) is 0 Å². The fraction of sp³-hybridized carbons (Fsp3) is 0.538. The van der Waals surface area contributed by atoms with Gasteiger partial charge >= 0.3 is 0 Å². The first-order chi connectivity index (χ1) is 7.15. The van der Waals surface area contributed by atoms with Crippen LogP contribution in [0.3, 0.4) is 0 Å². The Bertz CT molecular complexity index is 358. The van der Waals surface area contributed by atoms with Crippen molar-refractivity contribution in [2.75, 3.05) is 0 Å². The number of benzene rings is 1. The molecule has 1 rings (SSSR count). The largest absolute Gasteiger partial charge is 0.389 e. The molecule has 0 aliphatic rings. The van der Waals surface area contributed by atoms with Gasteiger partial charge < -0.3 is 5.11 Å². The van der Waals surface area contributed by atoms with Gasteiger partial charge in [0.05, 0.1) is 5.60 Å². The third kappa shape index (κ3) is 2.59. The van der Waals surface area contributed by atoms with E-state index < -0.39 is 22.7 Å². The minimum Gasteiger partial charge on any atom is -0.389 e. The summed E-state index contributed by atoms with van der Waals surface area (Å²) in [6.45, 7) is 7.11. The lowest BCUT2D eigenvalue weighted by molar-refractivity contribution is -0.0417. The molecule has 0 saturated heterocycles. The fourth-order valence-electron chi connectivity index (χ4n) is 1.31. The molecule has 1 aromatic carbocycles. The summed E-state index contributed by atoms with van der Waals surface area (Å²) in [5.74, 6) is -1.21. The first-order valence-electron chi connectivity index (χ1n) is 5.30. The van der Waals surface area contributed by atoms with Crippen LogP contribution in [-0.4, -0.2) is 10.7 Å². The molecule has 0 aliphatic heterocycles. The molecule has 0 bridgehead atoms. The minimum atomic E-state index is -1.16. The van der Waals surface area contributed by atoms with Crippen molar-refractivity contribution in [3.8, 4) is 0 Å². The maximum Gasteiger partial charge on any atom is 0.129 e. The van der Waals surface area contributed by atoms with Gasteiger partial charge in [0.1, 0.15) is 11.6 Å². The van der Waals surface area contributed by atoms with Gasteiger partial charge in [0, 0.05) is 12.0 Å². The SMILES string of the molecule is CC(C)(C)C(C)(O)Cc1c(F)cccc1F. The third-order valence-electron chi connectivity index (χ3n) is 3.20. The summed E-state index contributed by atoms with van der Waals surface area (Å²) in [5.41, 5.74) is -1.65. The number of aliphatic hydroxyl groups is 1. The second-order valence-corrected chi connectivity index (χ2v) is 5.40. The minimum absolute atomic E-state index is 0.0327. The zero-order valence-corrected chi connectivity index (χ0v) is 10.1. The van der Waals surface area contributed by atoms with E-state index >= 15 is 0 Å². The number of rotatable bonds is 2. The fourth-order valence-corrected chi connectivity index (χ4v) is 1.31. The Morgan fingerprint density at radius 1 is 1.06 bits per heavy atom. The molecule has 0 aliphatic carbocycles. The van der Waals surface area contributed by atoms with Gasteiger partial charge in [-0.2, -0.15) is 0 Å². The van der Waals surface area contributed by atoms with Crippen molar-refractivity contribution < 1.29 is 13.9 Å². The molecule has 1 nitrogen and oxygen atoms in total. The summed E-state index contributed by atoms with van der Waals surface area (Å²) in [6, 6.07) is 3.73. The summed E-state index contributed by atoms with van der Waals surface area (Å²) in [7, 11) is 0. The highest BCUT2D eigenvalue weighted by atomic mass is 19.1. The lowest BCUT2D eigenvalue weighted by Crippen LogP contribution is -2.42. The summed E-state index contributed by atoms with van der Waals surface area (Å²) < 4.78 is 26.8. The van der Waals surface area contributed by atoms with Crippen LogP contribution in [0.5, 0.6) is 0 Å². The van der Waals surface area contributed by atoms with E-state index in [1.54, 1.807) is 6.92 Å². The molecule has 1 atom stereocenters. The van der Waals surface area contributed by atoms with E-state index in [4.69, 9.17) is 0 Å². The van der Waals surface area contributed by atoms with Gasteiger partial charge in [0.25, 0.3) is 0 Å². The summed E-state index contributed by atoms with van der Waals surface area (Å²) in [4.78, 5) is 0. The molecule has 0 amide bonds. The molecular formula is C13H18F2O. The molecule has 1 N–H and O–H groups in total. The highest BCUT2D eigenvalue weighted by Gasteiger charge is 2.36. The highest BCUT2D eigenvalue weighted by molar-refractivity contribution is 5.22. The Morgan fingerprint density at radius 3 is 1.88 bits per heavy atom. The topological polar surface area (TPSA) is 20.2 Å². The Balaban J connectivity index is 3.06. The van der Waals surface area contributed by atoms with E-state index in [1.165, 1.54) is 18.2 Å². The van der Waals surface area contributed by atoms with Crippen LogP contribution in [0.4, 0.5) is 8.78 Å². The Hall–Kier alpha value is -0.960. The lowest BCUT2D eigenvalue weighted by atomic mass is 9.74.